The van der Waals surface area contributed by atoms with Crippen LogP contribution in [0.1, 0.15) is 11.6 Å². The van der Waals surface area contributed by atoms with Crippen molar-refractivity contribution in [1.29, 1.82) is 0 Å². The highest BCUT2D eigenvalue weighted by molar-refractivity contribution is 7.99. The van der Waals surface area contributed by atoms with Crippen molar-refractivity contribution < 1.29 is 4.74 Å². The van der Waals surface area contributed by atoms with Crippen LogP contribution in [-0.4, -0.2) is 24.9 Å². The maximum atomic E-state index is 5.89. The van der Waals surface area contributed by atoms with Gasteiger partial charge < -0.3 is 10.1 Å². The number of pyridine rings is 1. The Morgan fingerprint density at radius 3 is 2.70 bits per heavy atom. The average molecular weight is 309 g/mol. The summed E-state index contributed by atoms with van der Waals surface area (Å²) in [6, 6.07) is 10.1. The van der Waals surface area contributed by atoms with Gasteiger partial charge in [0, 0.05) is 27.9 Å². The summed E-state index contributed by atoms with van der Waals surface area (Å²) in [4.78, 5) is 5.40. The number of benzene rings is 1. The van der Waals surface area contributed by atoms with E-state index in [-0.39, 0.29) is 6.04 Å². The first-order valence-corrected chi connectivity index (χ1v) is 7.64. The third-order valence-electron chi connectivity index (χ3n) is 2.95. The molecule has 0 aliphatic heterocycles. The van der Waals surface area contributed by atoms with Gasteiger partial charge in [-0.05, 0) is 42.9 Å². The fourth-order valence-corrected chi connectivity index (χ4v) is 2.97. The second-order valence-electron chi connectivity index (χ2n) is 4.26. The fourth-order valence-electron chi connectivity index (χ4n) is 1.79. The molecule has 1 unspecified atom stereocenters. The molecule has 1 heterocycles. The quantitative estimate of drug-likeness (QED) is 0.823. The molecule has 0 fully saturated rings. The second kappa shape index (κ2) is 7.53. The van der Waals surface area contributed by atoms with Crippen molar-refractivity contribution in [2.45, 2.75) is 10.9 Å². The molecule has 1 aromatic heterocycles. The fraction of sp³-hybridized carbons (Fsp3) is 0.267. The number of hydrogen-bond acceptors (Lipinski definition) is 4. The monoisotopic (exact) mass is 308 g/mol. The van der Waals surface area contributed by atoms with Crippen LogP contribution in [0.4, 0.5) is 0 Å². The Bertz CT molecular complexity index is 548. The molecule has 0 aliphatic carbocycles. The first-order chi connectivity index (χ1) is 9.72. The molecule has 0 aliphatic rings. The Kier molecular flexibility index (Phi) is 5.71. The molecule has 0 bridgehead atoms. The minimum absolute atomic E-state index is 0.221. The van der Waals surface area contributed by atoms with Crippen molar-refractivity contribution in [3.05, 3.63) is 53.3 Å². The summed E-state index contributed by atoms with van der Waals surface area (Å²) in [5.74, 6) is 1.69. The van der Waals surface area contributed by atoms with Crippen molar-refractivity contribution in [2.24, 2.45) is 0 Å². The van der Waals surface area contributed by atoms with Crippen LogP contribution in [-0.2, 0) is 0 Å². The van der Waals surface area contributed by atoms with Crippen LogP contribution in [0.3, 0.4) is 0 Å². The van der Waals surface area contributed by atoms with E-state index in [0.29, 0.717) is 0 Å². The highest BCUT2D eigenvalue weighted by Gasteiger charge is 2.11. The van der Waals surface area contributed by atoms with Crippen LogP contribution in [0.2, 0.25) is 5.02 Å². The summed E-state index contributed by atoms with van der Waals surface area (Å²) in [7, 11) is 3.60. The summed E-state index contributed by atoms with van der Waals surface area (Å²) >= 11 is 7.67. The topological polar surface area (TPSA) is 34.2 Å². The first kappa shape index (κ1) is 15.2. The molecule has 0 spiro atoms. The van der Waals surface area contributed by atoms with E-state index in [1.807, 2.05) is 43.6 Å². The molecule has 0 saturated carbocycles. The number of nitrogens with one attached hydrogen (secondary N) is 1. The van der Waals surface area contributed by atoms with Crippen molar-refractivity contribution in [3.63, 3.8) is 0 Å². The molecular formula is C15H17ClN2OS. The number of halogens is 1. The minimum Gasteiger partial charge on any atom is -0.495 e. The molecule has 1 aromatic carbocycles. The normalized spacial score (nSPS) is 12.2. The maximum Gasteiger partial charge on any atom is 0.137 e. The van der Waals surface area contributed by atoms with Gasteiger partial charge in [0.1, 0.15) is 5.75 Å². The number of thioether (sulfide) groups is 1. The predicted octanol–water partition coefficient (Wildman–Crippen LogP) is 3.80. The lowest BCUT2D eigenvalue weighted by Gasteiger charge is -2.16. The number of hydrogen-bond donors (Lipinski definition) is 1. The Morgan fingerprint density at radius 1 is 1.30 bits per heavy atom. The SMILES string of the molecule is CNC(CSc1ccc(Cl)cc1)c1cncc(OC)c1. The summed E-state index contributed by atoms with van der Waals surface area (Å²) in [6.07, 6.45) is 3.58. The maximum absolute atomic E-state index is 5.89. The van der Waals surface area contributed by atoms with Crippen LogP contribution in [0, 0.1) is 0 Å². The highest BCUT2D eigenvalue weighted by Crippen LogP contribution is 2.26. The molecule has 20 heavy (non-hydrogen) atoms. The van der Waals surface area contributed by atoms with E-state index >= 15 is 0 Å². The van der Waals surface area contributed by atoms with E-state index in [1.165, 1.54) is 4.90 Å². The van der Waals surface area contributed by atoms with Gasteiger partial charge in [0.2, 0.25) is 0 Å². The molecule has 0 saturated heterocycles. The molecule has 3 nitrogen and oxygen atoms in total. The third-order valence-corrected chi connectivity index (χ3v) is 4.31. The Morgan fingerprint density at radius 2 is 2.05 bits per heavy atom. The van der Waals surface area contributed by atoms with Crippen LogP contribution in [0.5, 0.6) is 5.75 Å². The molecule has 1 atom stereocenters. The molecule has 0 amide bonds. The van der Waals surface area contributed by atoms with E-state index in [0.717, 1.165) is 22.1 Å². The standard InChI is InChI=1S/C15H17ClN2OS/c1-17-15(11-7-13(19-2)9-18-8-11)10-20-14-5-3-12(16)4-6-14/h3-9,15,17H,10H2,1-2H3. The van der Waals surface area contributed by atoms with E-state index in [9.17, 15) is 0 Å². The Balaban J connectivity index is 2.03. The van der Waals surface area contributed by atoms with Crippen LogP contribution in [0.25, 0.3) is 0 Å². The molecular weight excluding hydrogens is 292 g/mol. The summed E-state index contributed by atoms with van der Waals surface area (Å²) < 4.78 is 5.21. The van der Waals surface area contributed by atoms with Gasteiger partial charge in [-0.1, -0.05) is 11.6 Å². The van der Waals surface area contributed by atoms with Gasteiger partial charge in [-0.2, -0.15) is 0 Å². The van der Waals surface area contributed by atoms with Crippen LogP contribution >= 0.6 is 23.4 Å². The zero-order chi connectivity index (χ0) is 14.4. The van der Waals surface area contributed by atoms with E-state index in [2.05, 4.69) is 10.3 Å². The van der Waals surface area contributed by atoms with Gasteiger partial charge in [-0.3, -0.25) is 4.98 Å². The van der Waals surface area contributed by atoms with Gasteiger partial charge in [0.15, 0.2) is 0 Å². The lowest BCUT2D eigenvalue weighted by Crippen LogP contribution is -2.18. The molecule has 2 rings (SSSR count). The highest BCUT2D eigenvalue weighted by atomic mass is 35.5. The van der Waals surface area contributed by atoms with E-state index in [4.69, 9.17) is 16.3 Å². The number of ether oxygens (including phenoxy) is 1. The summed E-state index contributed by atoms with van der Waals surface area (Å²) in [5, 5.41) is 4.07. The average Bonchev–Trinajstić information content (AvgIpc) is 2.50. The van der Waals surface area contributed by atoms with Crippen molar-refractivity contribution in [2.75, 3.05) is 19.9 Å². The molecule has 1 N–H and O–H groups in total. The van der Waals surface area contributed by atoms with Crippen LogP contribution in [0.15, 0.2) is 47.6 Å². The van der Waals surface area contributed by atoms with Crippen molar-refractivity contribution in [3.8, 4) is 5.75 Å². The number of aromatic nitrogens is 1. The predicted molar refractivity (Wildman–Crippen MR) is 84.8 cm³/mol. The molecule has 5 heteroatoms. The van der Waals surface area contributed by atoms with E-state index < -0.39 is 0 Å². The molecule has 106 valence electrons. The molecule has 2 aromatic rings. The first-order valence-electron chi connectivity index (χ1n) is 6.27. The second-order valence-corrected chi connectivity index (χ2v) is 5.79. The van der Waals surface area contributed by atoms with Gasteiger partial charge in [0.05, 0.1) is 13.3 Å². The zero-order valence-electron chi connectivity index (χ0n) is 11.5. The number of methoxy groups -OCH3 is 1. The summed E-state index contributed by atoms with van der Waals surface area (Å²) in [5.41, 5.74) is 1.12. The zero-order valence-corrected chi connectivity index (χ0v) is 13.0. The smallest absolute Gasteiger partial charge is 0.137 e. The third kappa shape index (κ3) is 4.13. The van der Waals surface area contributed by atoms with E-state index in [1.54, 1.807) is 25.1 Å². The van der Waals surface area contributed by atoms with Gasteiger partial charge in [-0.15, -0.1) is 11.8 Å². The van der Waals surface area contributed by atoms with Gasteiger partial charge in [0.25, 0.3) is 0 Å². The number of rotatable bonds is 6. The van der Waals surface area contributed by atoms with Gasteiger partial charge in [-0.25, -0.2) is 0 Å². The largest absolute Gasteiger partial charge is 0.495 e. The van der Waals surface area contributed by atoms with Crippen molar-refractivity contribution >= 4 is 23.4 Å². The number of nitrogens with zero attached hydrogens (tertiary/aromatic N) is 1. The minimum atomic E-state index is 0.221. The molecule has 0 radical (unpaired) electrons. The Labute approximate surface area is 128 Å². The Hall–Kier alpha value is -1.23. The lowest BCUT2D eigenvalue weighted by molar-refractivity contribution is 0.411. The summed E-state index contributed by atoms with van der Waals surface area (Å²) in [6.45, 7) is 0. The lowest BCUT2D eigenvalue weighted by atomic mass is 10.1. The van der Waals surface area contributed by atoms with Crippen LogP contribution < -0.4 is 10.1 Å². The van der Waals surface area contributed by atoms with Crippen molar-refractivity contribution in [1.82, 2.24) is 10.3 Å². The van der Waals surface area contributed by atoms with Gasteiger partial charge >= 0.3 is 0 Å².